The first-order chi connectivity index (χ1) is 9.81. The number of rotatable bonds is 4. The number of fused-ring (bicyclic) bond motifs is 1. The molecule has 0 aliphatic rings. The van der Waals surface area contributed by atoms with Crippen LogP contribution in [0.4, 0.5) is 0 Å². The monoisotopic (exact) mass is 269 g/mol. The van der Waals surface area contributed by atoms with E-state index in [1.807, 2.05) is 31.2 Å². The standard InChI is InChI=1S/C14H11N3O3/c1-2-12-16-13(20-17-12)8-18-14-9-5-3-4-6-10(9)19-11(14)7-15/h3-6H,2,8H2,1H3. The first kappa shape index (κ1) is 12.2. The molecule has 0 radical (unpaired) electrons. The summed E-state index contributed by atoms with van der Waals surface area (Å²) in [5, 5.41) is 13.6. The van der Waals surface area contributed by atoms with Crippen molar-refractivity contribution in [2.45, 2.75) is 20.0 Å². The van der Waals surface area contributed by atoms with Crippen molar-refractivity contribution in [3.05, 3.63) is 41.7 Å². The summed E-state index contributed by atoms with van der Waals surface area (Å²) in [6, 6.07) is 9.29. The summed E-state index contributed by atoms with van der Waals surface area (Å²) in [5.74, 6) is 1.54. The maximum atomic E-state index is 9.08. The van der Waals surface area contributed by atoms with E-state index in [4.69, 9.17) is 18.9 Å². The van der Waals surface area contributed by atoms with Gasteiger partial charge in [-0.3, -0.25) is 0 Å². The highest BCUT2D eigenvalue weighted by molar-refractivity contribution is 5.86. The molecule has 0 spiro atoms. The van der Waals surface area contributed by atoms with Crippen molar-refractivity contribution >= 4 is 11.0 Å². The summed E-state index contributed by atoms with van der Waals surface area (Å²) in [4.78, 5) is 4.15. The molecule has 2 heterocycles. The molecule has 0 atom stereocenters. The highest BCUT2D eigenvalue weighted by atomic mass is 16.5. The minimum Gasteiger partial charge on any atom is -0.478 e. The summed E-state index contributed by atoms with van der Waals surface area (Å²) in [7, 11) is 0. The van der Waals surface area contributed by atoms with Gasteiger partial charge in [0.05, 0.1) is 5.39 Å². The van der Waals surface area contributed by atoms with Crippen LogP contribution in [0.1, 0.15) is 24.4 Å². The fourth-order valence-corrected chi connectivity index (χ4v) is 1.87. The van der Waals surface area contributed by atoms with Gasteiger partial charge >= 0.3 is 0 Å². The number of hydrogen-bond donors (Lipinski definition) is 0. The Labute approximate surface area is 114 Å². The number of aromatic nitrogens is 2. The largest absolute Gasteiger partial charge is 0.478 e. The lowest BCUT2D eigenvalue weighted by Gasteiger charge is -2.00. The predicted octanol–water partition coefficient (Wildman–Crippen LogP) is 2.83. The second-order valence-corrected chi connectivity index (χ2v) is 4.11. The van der Waals surface area contributed by atoms with Gasteiger partial charge in [-0.25, -0.2) is 0 Å². The third-order valence-electron chi connectivity index (χ3n) is 2.82. The molecule has 3 aromatic rings. The van der Waals surface area contributed by atoms with Crippen molar-refractivity contribution in [3.63, 3.8) is 0 Å². The van der Waals surface area contributed by atoms with E-state index < -0.39 is 0 Å². The Morgan fingerprint density at radius 2 is 2.20 bits per heavy atom. The number of ether oxygens (including phenoxy) is 1. The average Bonchev–Trinajstić information content (AvgIpc) is 3.08. The molecule has 3 rings (SSSR count). The third-order valence-corrected chi connectivity index (χ3v) is 2.82. The molecule has 0 unspecified atom stereocenters. The highest BCUT2D eigenvalue weighted by Gasteiger charge is 2.16. The fraction of sp³-hybridized carbons (Fsp3) is 0.214. The van der Waals surface area contributed by atoms with Crippen molar-refractivity contribution in [1.29, 1.82) is 5.26 Å². The van der Waals surface area contributed by atoms with Crippen LogP contribution >= 0.6 is 0 Å². The smallest absolute Gasteiger partial charge is 0.264 e. The average molecular weight is 269 g/mol. The molecular formula is C14H11N3O3. The van der Waals surface area contributed by atoms with Crippen molar-refractivity contribution in [3.8, 4) is 11.8 Å². The molecule has 6 heteroatoms. The van der Waals surface area contributed by atoms with Crippen LogP contribution in [0.2, 0.25) is 0 Å². The number of nitriles is 1. The molecular weight excluding hydrogens is 258 g/mol. The van der Waals surface area contributed by atoms with Gasteiger partial charge in [-0.1, -0.05) is 24.2 Å². The second-order valence-electron chi connectivity index (χ2n) is 4.11. The molecule has 0 aliphatic carbocycles. The predicted molar refractivity (Wildman–Crippen MR) is 68.9 cm³/mol. The molecule has 6 nitrogen and oxygen atoms in total. The van der Waals surface area contributed by atoms with Gasteiger partial charge in [-0.15, -0.1) is 0 Å². The molecule has 0 bridgehead atoms. The summed E-state index contributed by atoms with van der Waals surface area (Å²) in [5.41, 5.74) is 0.610. The minimum atomic E-state index is 0.102. The second kappa shape index (κ2) is 5.05. The molecule has 0 saturated heterocycles. The Kier molecular flexibility index (Phi) is 3.09. The molecule has 0 aliphatic heterocycles. The van der Waals surface area contributed by atoms with Crippen LogP contribution in [0, 0.1) is 11.3 Å². The van der Waals surface area contributed by atoms with E-state index in [2.05, 4.69) is 10.1 Å². The van der Waals surface area contributed by atoms with E-state index in [1.54, 1.807) is 6.07 Å². The van der Waals surface area contributed by atoms with E-state index in [-0.39, 0.29) is 12.4 Å². The molecule has 0 fully saturated rings. The lowest BCUT2D eigenvalue weighted by molar-refractivity contribution is 0.241. The summed E-state index contributed by atoms with van der Waals surface area (Å²) in [6.07, 6.45) is 0.696. The van der Waals surface area contributed by atoms with Crippen LogP contribution in [0.5, 0.6) is 5.75 Å². The van der Waals surface area contributed by atoms with Gasteiger partial charge in [0.2, 0.25) is 5.76 Å². The molecule has 2 aromatic heterocycles. The van der Waals surface area contributed by atoms with Gasteiger partial charge in [-0.05, 0) is 12.1 Å². The molecule has 0 amide bonds. The van der Waals surface area contributed by atoms with Gasteiger partial charge in [0.25, 0.3) is 5.89 Å². The van der Waals surface area contributed by atoms with Crippen LogP contribution in [-0.4, -0.2) is 10.1 Å². The summed E-state index contributed by atoms with van der Waals surface area (Å²) < 4.78 is 16.1. The van der Waals surface area contributed by atoms with E-state index >= 15 is 0 Å². The van der Waals surface area contributed by atoms with Gasteiger partial charge in [-0.2, -0.15) is 10.2 Å². The summed E-state index contributed by atoms with van der Waals surface area (Å²) >= 11 is 0. The first-order valence-corrected chi connectivity index (χ1v) is 6.17. The maximum absolute atomic E-state index is 9.08. The number of hydrogen-bond acceptors (Lipinski definition) is 6. The Hall–Kier alpha value is -2.81. The molecule has 1 aromatic carbocycles. The van der Waals surface area contributed by atoms with Crippen LogP contribution < -0.4 is 4.74 Å². The molecule has 0 N–H and O–H groups in total. The van der Waals surface area contributed by atoms with Crippen molar-refractivity contribution in [2.24, 2.45) is 0 Å². The zero-order valence-corrected chi connectivity index (χ0v) is 10.8. The topological polar surface area (TPSA) is 85.1 Å². The minimum absolute atomic E-state index is 0.102. The number of aryl methyl sites for hydroxylation is 1. The van der Waals surface area contributed by atoms with Crippen LogP contribution in [0.3, 0.4) is 0 Å². The summed E-state index contributed by atoms with van der Waals surface area (Å²) in [6.45, 7) is 2.04. The normalized spacial score (nSPS) is 10.6. The number of furan rings is 1. The lowest BCUT2D eigenvalue weighted by atomic mass is 10.2. The number of para-hydroxylation sites is 1. The maximum Gasteiger partial charge on any atom is 0.264 e. The van der Waals surface area contributed by atoms with Gasteiger partial charge in [0.1, 0.15) is 11.7 Å². The van der Waals surface area contributed by atoms with Gasteiger partial charge in [0, 0.05) is 6.42 Å². The van der Waals surface area contributed by atoms with Gasteiger partial charge in [0.15, 0.2) is 18.2 Å². The van der Waals surface area contributed by atoms with Crippen LogP contribution in [-0.2, 0) is 13.0 Å². The fourth-order valence-electron chi connectivity index (χ4n) is 1.87. The Morgan fingerprint density at radius 3 is 2.95 bits per heavy atom. The van der Waals surface area contributed by atoms with E-state index in [0.29, 0.717) is 29.5 Å². The third kappa shape index (κ3) is 2.10. The Bertz CT molecular complexity index is 782. The van der Waals surface area contributed by atoms with Gasteiger partial charge < -0.3 is 13.7 Å². The van der Waals surface area contributed by atoms with E-state index in [0.717, 1.165) is 5.39 Å². The number of benzene rings is 1. The number of nitrogens with zero attached hydrogens (tertiary/aromatic N) is 3. The lowest BCUT2D eigenvalue weighted by Crippen LogP contribution is -1.96. The van der Waals surface area contributed by atoms with Crippen LogP contribution in [0.15, 0.2) is 33.2 Å². The van der Waals surface area contributed by atoms with Crippen molar-refractivity contribution in [1.82, 2.24) is 10.1 Å². The Morgan fingerprint density at radius 1 is 1.35 bits per heavy atom. The molecule has 100 valence electrons. The van der Waals surface area contributed by atoms with Crippen molar-refractivity contribution in [2.75, 3.05) is 0 Å². The zero-order valence-electron chi connectivity index (χ0n) is 10.8. The Balaban J connectivity index is 1.88. The molecule has 0 saturated carbocycles. The quantitative estimate of drug-likeness (QED) is 0.724. The molecule has 20 heavy (non-hydrogen) atoms. The van der Waals surface area contributed by atoms with E-state index in [9.17, 15) is 0 Å². The van der Waals surface area contributed by atoms with Crippen molar-refractivity contribution < 1.29 is 13.7 Å². The van der Waals surface area contributed by atoms with Crippen LogP contribution in [0.25, 0.3) is 11.0 Å². The highest BCUT2D eigenvalue weighted by Crippen LogP contribution is 2.32. The van der Waals surface area contributed by atoms with E-state index in [1.165, 1.54) is 0 Å². The SMILES string of the molecule is CCc1noc(COc2c(C#N)oc3ccccc23)n1. The first-order valence-electron chi connectivity index (χ1n) is 6.17. The zero-order chi connectivity index (χ0) is 13.9.